The van der Waals surface area contributed by atoms with E-state index in [-0.39, 0.29) is 11.8 Å². The summed E-state index contributed by atoms with van der Waals surface area (Å²) < 4.78 is 1.11. The maximum Gasteiger partial charge on any atom is 0.261 e. The second-order valence-electron chi connectivity index (χ2n) is 5.25. The van der Waals surface area contributed by atoms with Crippen molar-refractivity contribution in [2.75, 3.05) is 20.1 Å². The fraction of sp³-hybridized carbons (Fsp3) is 0.250. The van der Waals surface area contributed by atoms with Gasteiger partial charge in [0.2, 0.25) is 0 Å². The lowest BCUT2D eigenvalue weighted by Crippen LogP contribution is -2.36. The van der Waals surface area contributed by atoms with Gasteiger partial charge in [-0.25, -0.2) is 0 Å². The average Bonchev–Trinajstić information content (AvgIpc) is 3.01. The Bertz CT molecular complexity index is 693. The van der Waals surface area contributed by atoms with E-state index in [2.05, 4.69) is 26.9 Å². The Hall–Kier alpha value is -1.50. The van der Waals surface area contributed by atoms with Crippen LogP contribution < -0.4 is 0 Å². The van der Waals surface area contributed by atoms with Crippen LogP contribution in [0.15, 0.2) is 40.2 Å². The topological polar surface area (TPSA) is 40.6 Å². The number of hydrogen-bond donors (Lipinski definition) is 0. The van der Waals surface area contributed by atoms with E-state index in [4.69, 9.17) is 0 Å². The van der Waals surface area contributed by atoms with Crippen molar-refractivity contribution in [1.29, 1.82) is 0 Å². The smallest absolute Gasteiger partial charge is 0.261 e. The van der Waals surface area contributed by atoms with Gasteiger partial charge in [0.25, 0.3) is 11.8 Å². The predicted octanol–water partition coefficient (Wildman–Crippen LogP) is 3.24. The number of likely N-dealkylation sites (N-methyl/N-ethyl adjacent to an activating group) is 1. The zero-order valence-corrected chi connectivity index (χ0v) is 14.5. The van der Waals surface area contributed by atoms with E-state index >= 15 is 0 Å². The minimum atomic E-state index is -0.187. The average molecular weight is 379 g/mol. The molecule has 2 heterocycles. The van der Waals surface area contributed by atoms with Crippen molar-refractivity contribution in [3.8, 4) is 0 Å². The molecule has 1 aliphatic heterocycles. The van der Waals surface area contributed by atoms with Crippen LogP contribution in [-0.4, -0.2) is 41.8 Å². The molecule has 22 heavy (non-hydrogen) atoms. The predicted molar refractivity (Wildman–Crippen MR) is 90.2 cm³/mol. The number of hydrogen-bond acceptors (Lipinski definition) is 4. The number of amides is 2. The molecule has 3 rings (SSSR count). The molecule has 1 aromatic heterocycles. The van der Waals surface area contributed by atoms with Crippen LogP contribution in [0.3, 0.4) is 0 Å². The molecule has 0 radical (unpaired) electrons. The normalized spacial score (nSPS) is 14.0. The third-order valence-corrected chi connectivity index (χ3v) is 5.25. The van der Waals surface area contributed by atoms with Crippen LogP contribution in [0.4, 0.5) is 0 Å². The summed E-state index contributed by atoms with van der Waals surface area (Å²) in [6, 6.07) is 11.1. The summed E-state index contributed by atoms with van der Waals surface area (Å²) in [5.74, 6) is -0.374. The van der Waals surface area contributed by atoms with Gasteiger partial charge in [-0.3, -0.25) is 19.4 Å². The summed E-state index contributed by atoms with van der Waals surface area (Å²) >= 11 is 5.14. The van der Waals surface area contributed by atoms with Crippen molar-refractivity contribution < 1.29 is 9.59 Å². The number of carbonyl (C=O) groups is 2. The highest BCUT2D eigenvalue weighted by Gasteiger charge is 2.34. The van der Waals surface area contributed by atoms with Crippen molar-refractivity contribution in [2.24, 2.45) is 0 Å². The first-order valence-electron chi connectivity index (χ1n) is 6.94. The van der Waals surface area contributed by atoms with E-state index in [0.29, 0.717) is 24.2 Å². The Balaban J connectivity index is 1.60. The zero-order valence-electron chi connectivity index (χ0n) is 12.1. The van der Waals surface area contributed by atoms with Crippen molar-refractivity contribution in [2.45, 2.75) is 6.54 Å². The molecule has 0 saturated carbocycles. The third-order valence-electron chi connectivity index (χ3n) is 3.64. The molecule has 0 bridgehead atoms. The van der Waals surface area contributed by atoms with Crippen molar-refractivity contribution in [3.63, 3.8) is 0 Å². The van der Waals surface area contributed by atoms with Gasteiger partial charge in [0.1, 0.15) is 0 Å². The quantitative estimate of drug-likeness (QED) is 0.749. The molecule has 4 nitrogen and oxygen atoms in total. The van der Waals surface area contributed by atoms with Crippen LogP contribution in [0.5, 0.6) is 0 Å². The summed E-state index contributed by atoms with van der Waals surface area (Å²) in [6.45, 7) is 1.87. The van der Waals surface area contributed by atoms with Crippen LogP contribution >= 0.6 is 27.3 Å². The fourth-order valence-electron chi connectivity index (χ4n) is 2.49. The van der Waals surface area contributed by atoms with Crippen molar-refractivity contribution >= 4 is 39.1 Å². The standard InChI is InChI=1S/C16H15BrN2O2S/c1-18(10-11-6-7-14(17)22-11)8-9-19-15(20)12-4-2-3-5-13(12)16(19)21/h2-7H,8-10H2,1H3. The molecule has 2 aromatic rings. The lowest BCUT2D eigenvalue weighted by Gasteiger charge is -2.20. The van der Waals surface area contributed by atoms with Crippen LogP contribution in [0, 0.1) is 0 Å². The van der Waals surface area contributed by atoms with E-state index < -0.39 is 0 Å². The molecule has 0 unspecified atom stereocenters. The van der Waals surface area contributed by atoms with Crippen molar-refractivity contribution in [1.82, 2.24) is 9.80 Å². The highest BCUT2D eigenvalue weighted by molar-refractivity contribution is 9.11. The van der Waals surface area contributed by atoms with Crippen LogP contribution in [-0.2, 0) is 6.54 Å². The number of thiophene rings is 1. The molecular formula is C16H15BrN2O2S. The number of carbonyl (C=O) groups excluding carboxylic acids is 2. The number of imide groups is 1. The molecule has 0 saturated heterocycles. The van der Waals surface area contributed by atoms with Gasteiger partial charge in [-0.2, -0.15) is 0 Å². The third kappa shape index (κ3) is 2.99. The van der Waals surface area contributed by atoms with Gasteiger partial charge in [0.15, 0.2) is 0 Å². The summed E-state index contributed by atoms with van der Waals surface area (Å²) in [5, 5.41) is 0. The Labute approximate surface area is 141 Å². The SMILES string of the molecule is CN(CCN1C(=O)c2ccccc2C1=O)Cc1ccc(Br)s1. The van der Waals surface area contributed by atoms with Crippen LogP contribution in [0.1, 0.15) is 25.6 Å². The van der Waals surface area contributed by atoms with Gasteiger partial charge in [-0.1, -0.05) is 12.1 Å². The van der Waals surface area contributed by atoms with Gasteiger partial charge in [0, 0.05) is 24.5 Å². The first-order chi connectivity index (χ1) is 10.6. The maximum absolute atomic E-state index is 12.3. The Morgan fingerprint density at radius 1 is 1.09 bits per heavy atom. The molecule has 1 aromatic carbocycles. The maximum atomic E-state index is 12.3. The number of rotatable bonds is 5. The second kappa shape index (κ2) is 6.32. The van der Waals surface area contributed by atoms with Gasteiger partial charge < -0.3 is 0 Å². The molecule has 0 fully saturated rings. The highest BCUT2D eigenvalue weighted by atomic mass is 79.9. The fourth-order valence-corrected chi connectivity index (χ4v) is 4.06. The van der Waals surface area contributed by atoms with E-state index in [1.165, 1.54) is 9.78 Å². The summed E-state index contributed by atoms with van der Waals surface area (Å²) in [6.07, 6.45) is 0. The minimum absolute atomic E-state index is 0.187. The molecule has 114 valence electrons. The Kier molecular flexibility index (Phi) is 4.42. The van der Waals surface area contributed by atoms with Gasteiger partial charge in [0.05, 0.1) is 14.9 Å². The molecular weight excluding hydrogens is 364 g/mol. The molecule has 0 N–H and O–H groups in total. The summed E-state index contributed by atoms with van der Waals surface area (Å²) in [4.78, 5) is 29.2. The first-order valence-corrected chi connectivity index (χ1v) is 8.55. The van der Waals surface area contributed by atoms with Crippen LogP contribution in [0.2, 0.25) is 0 Å². The van der Waals surface area contributed by atoms with E-state index in [9.17, 15) is 9.59 Å². The number of nitrogens with zero attached hydrogens (tertiary/aromatic N) is 2. The van der Waals surface area contributed by atoms with E-state index in [1.807, 2.05) is 13.1 Å². The molecule has 1 aliphatic rings. The van der Waals surface area contributed by atoms with Gasteiger partial charge in [-0.05, 0) is 47.2 Å². The van der Waals surface area contributed by atoms with E-state index in [0.717, 1.165) is 10.3 Å². The lowest BCUT2D eigenvalue weighted by molar-refractivity contribution is 0.0640. The zero-order chi connectivity index (χ0) is 15.7. The molecule has 6 heteroatoms. The number of fused-ring (bicyclic) bond motifs is 1. The molecule has 0 atom stereocenters. The molecule has 0 spiro atoms. The number of halogens is 1. The van der Waals surface area contributed by atoms with Crippen molar-refractivity contribution in [3.05, 3.63) is 56.2 Å². The van der Waals surface area contributed by atoms with Gasteiger partial charge in [-0.15, -0.1) is 11.3 Å². The monoisotopic (exact) mass is 378 g/mol. The lowest BCUT2D eigenvalue weighted by atomic mass is 10.1. The van der Waals surface area contributed by atoms with E-state index in [1.54, 1.807) is 35.6 Å². The second-order valence-corrected chi connectivity index (χ2v) is 7.80. The first kappa shape index (κ1) is 15.4. The van der Waals surface area contributed by atoms with Gasteiger partial charge >= 0.3 is 0 Å². The minimum Gasteiger partial charge on any atom is -0.300 e. The highest BCUT2D eigenvalue weighted by Crippen LogP contribution is 2.24. The molecule has 0 aliphatic carbocycles. The Morgan fingerprint density at radius 2 is 1.73 bits per heavy atom. The summed E-state index contributed by atoms with van der Waals surface area (Å²) in [5.41, 5.74) is 1.02. The largest absolute Gasteiger partial charge is 0.300 e. The van der Waals surface area contributed by atoms with Crippen LogP contribution in [0.25, 0.3) is 0 Å². The Morgan fingerprint density at radius 3 is 2.27 bits per heavy atom. The number of benzene rings is 1. The summed E-state index contributed by atoms with van der Waals surface area (Å²) in [7, 11) is 1.99. The molecule has 2 amide bonds.